The highest BCUT2D eigenvalue weighted by atomic mass is 15.2. The van der Waals surface area contributed by atoms with Crippen molar-refractivity contribution in [3.8, 4) is 0 Å². The molecule has 0 aromatic carbocycles. The predicted molar refractivity (Wildman–Crippen MR) is 73.3 cm³/mol. The Kier molecular flexibility index (Phi) is 6.63. The molecular formula is C14H26N2. The number of nitrogens with zero attached hydrogens (tertiary/aromatic N) is 2. The van der Waals surface area contributed by atoms with Gasteiger partial charge < -0.3 is 9.80 Å². The van der Waals surface area contributed by atoms with Crippen LogP contribution in [0.3, 0.4) is 0 Å². The second-order valence-corrected chi connectivity index (χ2v) is 4.39. The van der Waals surface area contributed by atoms with Crippen molar-refractivity contribution in [1.82, 2.24) is 9.80 Å². The van der Waals surface area contributed by atoms with E-state index in [1.54, 1.807) is 0 Å². The molecule has 0 aliphatic heterocycles. The Hall–Kier alpha value is -1.18. The molecule has 0 aromatic heterocycles. The van der Waals surface area contributed by atoms with Crippen LogP contribution >= 0.6 is 0 Å². The van der Waals surface area contributed by atoms with Gasteiger partial charge in [0.2, 0.25) is 0 Å². The lowest BCUT2D eigenvalue weighted by Crippen LogP contribution is -2.29. The van der Waals surface area contributed by atoms with E-state index < -0.39 is 0 Å². The highest BCUT2D eigenvalue weighted by molar-refractivity contribution is 5.20. The van der Waals surface area contributed by atoms with Crippen molar-refractivity contribution in [2.24, 2.45) is 0 Å². The first-order chi connectivity index (χ1) is 7.40. The average molecular weight is 222 g/mol. The van der Waals surface area contributed by atoms with Gasteiger partial charge in [0, 0.05) is 38.6 Å². The smallest absolute Gasteiger partial charge is 0.0350 e. The van der Waals surface area contributed by atoms with Crippen LogP contribution < -0.4 is 0 Å². The SMILES string of the molecule is C=C(C)C(=C)N(C)CCN(C)C(=C)CCC. The summed E-state index contributed by atoms with van der Waals surface area (Å²) in [6.45, 7) is 18.0. The molecule has 16 heavy (non-hydrogen) atoms. The molecule has 0 aliphatic rings. The Labute approximate surface area is 101 Å². The summed E-state index contributed by atoms with van der Waals surface area (Å²) in [6.07, 6.45) is 2.22. The second kappa shape index (κ2) is 7.15. The van der Waals surface area contributed by atoms with E-state index in [-0.39, 0.29) is 0 Å². The normalized spacial score (nSPS) is 9.75. The minimum Gasteiger partial charge on any atom is -0.377 e. The third kappa shape index (κ3) is 5.06. The fraction of sp³-hybridized carbons (Fsp3) is 0.571. The Bertz CT molecular complexity index is 266. The van der Waals surface area contributed by atoms with Gasteiger partial charge in [0.25, 0.3) is 0 Å². The van der Waals surface area contributed by atoms with Gasteiger partial charge in [0.05, 0.1) is 0 Å². The molecule has 0 rings (SSSR count). The van der Waals surface area contributed by atoms with Crippen LogP contribution in [-0.4, -0.2) is 37.0 Å². The molecule has 0 N–H and O–H groups in total. The fourth-order valence-electron chi connectivity index (χ4n) is 1.40. The summed E-state index contributed by atoms with van der Waals surface area (Å²) >= 11 is 0. The van der Waals surface area contributed by atoms with Crippen molar-refractivity contribution in [3.05, 3.63) is 36.7 Å². The van der Waals surface area contributed by atoms with Crippen LogP contribution in [0.15, 0.2) is 36.7 Å². The van der Waals surface area contributed by atoms with Gasteiger partial charge in [-0.05, 0) is 18.9 Å². The number of hydrogen-bond donors (Lipinski definition) is 0. The van der Waals surface area contributed by atoms with Crippen molar-refractivity contribution in [2.45, 2.75) is 26.7 Å². The summed E-state index contributed by atoms with van der Waals surface area (Å²) in [5.41, 5.74) is 3.24. The Morgan fingerprint density at radius 2 is 1.50 bits per heavy atom. The van der Waals surface area contributed by atoms with Crippen molar-refractivity contribution in [3.63, 3.8) is 0 Å². The molecule has 0 fully saturated rings. The van der Waals surface area contributed by atoms with Gasteiger partial charge in [-0.15, -0.1) is 0 Å². The molecule has 0 saturated heterocycles. The van der Waals surface area contributed by atoms with Gasteiger partial charge in [-0.25, -0.2) is 0 Å². The van der Waals surface area contributed by atoms with E-state index in [4.69, 9.17) is 0 Å². The summed E-state index contributed by atoms with van der Waals surface area (Å²) in [6, 6.07) is 0. The van der Waals surface area contributed by atoms with E-state index in [9.17, 15) is 0 Å². The molecule has 0 spiro atoms. The number of hydrogen-bond acceptors (Lipinski definition) is 2. The van der Waals surface area contributed by atoms with Crippen molar-refractivity contribution >= 4 is 0 Å². The average Bonchev–Trinajstić information content (AvgIpc) is 2.24. The molecule has 0 atom stereocenters. The maximum absolute atomic E-state index is 4.07. The summed E-state index contributed by atoms with van der Waals surface area (Å²) in [7, 11) is 4.14. The lowest BCUT2D eigenvalue weighted by molar-refractivity contribution is 0.328. The van der Waals surface area contributed by atoms with Gasteiger partial charge in [0.1, 0.15) is 0 Å². The van der Waals surface area contributed by atoms with E-state index in [0.29, 0.717) is 0 Å². The zero-order chi connectivity index (χ0) is 12.7. The van der Waals surface area contributed by atoms with Crippen LogP contribution in [0.25, 0.3) is 0 Å². The molecular weight excluding hydrogens is 196 g/mol. The monoisotopic (exact) mass is 222 g/mol. The molecule has 0 aliphatic carbocycles. The fourth-order valence-corrected chi connectivity index (χ4v) is 1.40. The van der Waals surface area contributed by atoms with Crippen LogP contribution in [0.5, 0.6) is 0 Å². The number of likely N-dealkylation sites (N-methyl/N-ethyl adjacent to an activating group) is 2. The third-order valence-electron chi connectivity index (χ3n) is 2.80. The van der Waals surface area contributed by atoms with Crippen LogP contribution in [0, 0.1) is 0 Å². The minimum atomic E-state index is 0.949. The van der Waals surface area contributed by atoms with Crippen LogP contribution in [0.1, 0.15) is 26.7 Å². The molecule has 0 unspecified atom stereocenters. The lowest BCUT2D eigenvalue weighted by Gasteiger charge is -2.27. The Morgan fingerprint density at radius 1 is 1.00 bits per heavy atom. The van der Waals surface area contributed by atoms with Crippen molar-refractivity contribution in [2.75, 3.05) is 27.2 Å². The number of rotatable bonds is 8. The standard InChI is InChI=1S/C14H26N2/c1-8-9-13(4)15(6)10-11-16(7)14(5)12(2)3/h2,4-5,8-11H2,1,3,6-7H3. The molecule has 2 nitrogen and oxygen atoms in total. The van der Waals surface area contributed by atoms with E-state index in [1.165, 1.54) is 5.70 Å². The van der Waals surface area contributed by atoms with Crippen molar-refractivity contribution in [1.29, 1.82) is 0 Å². The summed E-state index contributed by atoms with van der Waals surface area (Å²) in [4.78, 5) is 4.35. The van der Waals surface area contributed by atoms with Crippen LogP contribution in [0.2, 0.25) is 0 Å². The Balaban J connectivity index is 4.00. The van der Waals surface area contributed by atoms with E-state index in [1.807, 2.05) is 14.0 Å². The molecule has 0 amide bonds. The van der Waals surface area contributed by atoms with E-state index in [2.05, 4.69) is 43.5 Å². The minimum absolute atomic E-state index is 0.949. The first-order valence-electron chi connectivity index (χ1n) is 5.85. The van der Waals surface area contributed by atoms with Gasteiger partial charge >= 0.3 is 0 Å². The molecule has 92 valence electrons. The van der Waals surface area contributed by atoms with Gasteiger partial charge in [-0.3, -0.25) is 0 Å². The van der Waals surface area contributed by atoms with Crippen LogP contribution in [0.4, 0.5) is 0 Å². The largest absolute Gasteiger partial charge is 0.377 e. The van der Waals surface area contributed by atoms with Gasteiger partial charge in [-0.2, -0.15) is 0 Å². The van der Waals surface area contributed by atoms with Gasteiger partial charge in [-0.1, -0.05) is 33.1 Å². The summed E-state index contributed by atoms with van der Waals surface area (Å²) < 4.78 is 0. The van der Waals surface area contributed by atoms with Crippen LogP contribution in [-0.2, 0) is 0 Å². The first kappa shape index (κ1) is 14.8. The Morgan fingerprint density at radius 3 is 1.94 bits per heavy atom. The third-order valence-corrected chi connectivity index (χ3v) is 2.80. The molecule has 0 radical (unpaired) electrons. The first-order valence-corrected chi connectivity index (χ1v) is 5.85. The van der Waals surface area contributed by atoms with E-state index >= 15 is 0 Å². The molecule has 0 bridgehead atoms. The molecule has 0 aromatic rings. The van der Waals surface area contributed by atoms with Gasteiger partial charge in [0.15, 0.2) is 0 Å². The predicted octanol–water partition coefficient (Wildman–Crippen LogP) is 3.25. The zero-order valence-electron chi connectivity index (χ0n) is 11.3. The lowest BCUT2D eigenvalue weighted by atomic mass is 10.2. The second-order valence-electron chi connectivity index (χ2n) is 4.39. The van der Waals surface area contributed by atoms with E-state index in [0.717, 1.165) is 37.2 Å². The zero-order valence-corrected chi connectivity index (χ0v) is 11.3. The maximum Gasteiger partial charge on any atom is 0.0350 e. The highest BCUT2D eigenvalue weighted by Gasteiger charge is 2.05. The quantitative estimate of drug-likeness (QED) is 0.582. The summed E-state index contributed by atoms with van der Waals surface area (Å²) in [5.74, 6) is 0. The topological polar surface area (TPSA) is 6.48 Å². The molecule has 2 heteroatoms. The summed E-state index contributed by atoms with van der Waals surface area (Å²) in [5, 5.41) is 0. The number of allylic oxidation sites excluding steroid dienone is 2. The molecule has 0 saturated carbocycles. The maximum atomic E-state index is 4.07. The molecule has 0 heterocycles. The highest BCUT2D eigenvalue weighted by Crippen LogP contribution is 2.10. The van der Waals surface area contributed by atoms with Crippen molar-refractivity contribution < 1.29 is 0 Å².